The third-order valence-corrected chi connectivity index (χ3v) is 6.29. The monoisotopic (exact) mass is 474 g/mol. The van der Waals surface area contributed by atoms with E-state index < -0.39 is 6.10 Å². The number of benzene rings is 1. The Kier molecular flexibility index (Phi) is 6.69. The zero-order valence-corrected chi connectivity index (χ0v) is 19.0. The predicted molar refractivity (Wildman–Crippen MR) is 127 cm³/mol. The van der Waals surface area contributed by atoms with Crippen LogP contribution in [0.3, 0.4) is 0 Å². The minimum Gasteiger partial charge on any atom is -0.487 e. The van der Waals surface area contributed by atoms with Crippen molar-refractivity contribution in [3.05, 3.63) is 83.9 Å². The number of nitrogens with one attached hydrogen (secondary N) is 2. The lowest BCUT2D eigenvalue weighted by atomic mass is 9.84. The number of nitrogens with zero attached hydrogens (tertiary/aromatic N) is 2. The van der Waals surface area contributed by atoms with Gasteiger partial charge in [0.2, 0.25) is 5.91 Å². The van der Waals surface area contributed by atoms with Gasteiger partial charge in [0.05, 0.1) is 36.9 Å². The fourth-order valence-corrected chi connectivity index (χ4v) is 4.64. The first-order valence-electron chi connectivity index (χ1n) is 11.6. The average Bonchev–Trinajstić information content (AvgIpc) is 3.26. The fourth-order valence-electron chi connectivity index (χ4n) is 4.64. The van der Waals surface area contributed by atoms with Crippen LogP contribution in [0.2, 0.25) is 0 Å². The topological polar surface area (TPSA) is 123 Å². The Morgan fingerprint density at radius 1 is 1.11 bits per heavy atom. The molecule has 4 heterocycles. The van der Waals surface area contributed by atoms with Gasteiger partial charge >= 0.3 is 0 Å². The number of anilines is 1. The van der Waals surface area contributed by atoms with E-state index in [9.17, 15) is 14.7 Å². The van der Waals surface area contributed by atoms with E-state index in [0.717, 1.165) is 11.3 Å². The smallest absolute Gasteiger partial charge is 0.257 e. The van der Waals surface area contributed by atoms with Crippen molar-refractivity contribution in [2.45, 2.75) is 43.6 Å². The van der Waals surface area contributed by atoms with Gasteiger partial charge in [-0.2, -0.15) is 0 Å². The second-order valence-electron chi connectivity index (χ2n) is 8.65. The number of hydrogen-bond acceptors (Lipinski definition) is 7. The van der Waals surface area contributed by atoms with Crippen molar-refractivity contribution in [3.8, 4) is 5.75 Å². The van der Waals surface area contributed by atoms with Crippen molar-refractivity contribution in [1.29, 1.82) is 0 Å². The van der Waals surface area contributed by atoms with Gasteiger partial charge in [-0.3, -0.25) is 19.6 Å². The molecule has 0 spiro atoms. The molecule has 0 aliphatic carbocycles. The number of aliphatic hydroxyl groups excluding tert-OH is 1. The number of hydrogen-bond donors (Lipinski definition) is 3. The van der Waals surface area contributed by atoms with Crippen LogP contribution < -0.4 is 15.4 Å². The number of amides is 2. The van der Waals surface area contributed by atoms with Crippen LogP contribution in [-0.4, -0.2) is 51.8 Å². The summed E-state index contributed by atoms with van der Waals surface area (Å²) < 4.78 is 12.1. The molecule has 9 nitrogen and oxygen atoms in total. The van der Waals surface area contributed by atoms with Crippen LogP contribution in [0.25, 0.3) is 0 Å². The Morgan fingerprint density at radius 2 is 2.03 bits per heavy atom. The van der Waals surface area contributed by atoms with Crippen LogP contribution in [0.1, 0.15) is 40.4 Å². The molecule has 0 saturated carbocycles. The Balaban J connectivity index is 1.26. The summed E-state index contributed by atoms with van der Waals surface area (Å²) >= 11 is 0. The summed E-state index contributed by atoms with van der Waals surface area (Å²) in [6.45, 7) is 0.125. The van der Waals surface area contributed by atoms with E-state index in [1.807, 2.05) is 30.3 Å². The molecular weight excluding hydrogens is 448 g/mol. The molecule has 1 fully saturated rings. The minimum atomic E-state index is -0.553. The van der Waals surface area contributed by atoms with Crippen molar-refractivity contribution in [1.82, 2.24) is 15.3 Å². The molecule has 4 atom stereocenters. The SMILES string of the molecule is O=C(C[C@H]1C[C@@H]2c3cc(NC(=O)c4cccnc4)ccc3O[C@@H]2[C@H](CO)O1)NCc1ccccn1. The number of aliphatic hydroxyl groups is 1. The van der Waals surface area contributed by atoms with E-state index in [4.69, 9.17) is 9.47 Å². The third-order valence-electron chi connectivity index (χ3n) is 6.29. The summed E-state index contributed by atoms with van der Waals surface area (Å²) in [5.74, 6) is 0.227. The summed E-state index contributed by atoms with van der Waals surface area (Å²) in [4.78, 5) is 33.3. The van der Waals surface area contributed by atoms with Crippen LogP contribution >= 0.6 is 0 Å². The molecule has 0 bridgehead atoms. The number of rotatable bonds is 7. The van der Waals surface area contributed by atoms with Crippen LogP contribution in [0, 0.1) is 0 Å². The second-order valence-corrected chi connectivity index (χ2v) is 8.65. The quantitative estimate of drug-likeness (QED) is 0.481. The molecule has 180 valence electrons. The van der Waals surface area contributed by atoms with Crippen molar-refractivity contribution < 1.29 is 24.2 Å². The Morgan fingerprint density at radius 3 is 2.80 bits per heavy atom. The molecule has 3 aromatic rings. The lowest BCUT2D eigenvalue weighted by Gasteiger charge is -2.37. The highest BCUT2D eigenvalue weighted by atomic mass is 16.6. The van der Waals surface area contributed by atoms with E-state index in [1.54, 1.807) is 30.6 Å². The van der Waals surface area contributed by atoms with Crippen molar-refractivity contribution in [2.75, 3.05) is 11.9 Å². The second kappa shape index (κ2) is 10.2. The highest BCUT2D eigenvalue weighted by Gasteiger charge is 2.46. The lowest BCUT2D eigenvalue weighted by molar-refractivity contribution is -0.142. The molecule has 3 N–H and O–H groups in total. The number of ether oxygens (including phenoxy) is 2. The first-order valence-corrected chi connectivity index (χ1v) is 11.6. The van der Waals surface area contributed by atoms with Crippen LogP contribution in [0.4, 0.5) is 5.69 Å². The number of carbonyl (C=O) groups is 2. The first kappa shape index (κ1) is 22.9. The zero-order valence-electron chi connectivity index (χ0n) is 19.0. The molecule has 2 aliphatic heterocycles. The summed E-state index contributed by atoms with van der Waals surface area (Å²) in [6, 6.07) is 14.4. The maximum absolute atomic E-state index is 12.6. The Bertz CT molecular complexity index is 1190. The first-order chi connectivity index (χ1) is 17.1. The Hall–Kier alpha value is -3.82. The summed E-state index contributed by atoms with van der Waals surface area (Å²) in [5.41, 5.74) is 2.81. The molecule has 0 unspecified atom stereocenters. The summed E-state index contributed by atoms with van der Waals surface area (Å²) in [5, 5.41) is 15.7. The number of fused-ring (bicyclic) bond motifs is 3. The maximum Gasteiger partial charge on any atom is 0.257 e. The molecule has 2 amide bonds. The molecule has 1 aromatic carbocycles. The van der Waals surface area contributed by atoms with Gasteiger partial charge in [0.15, 0.2) is 0 Å². The molecule has 9 heteroatoms. The van der Waals surface area contributed by atoms with E-state index >= 15 is 0 Å². The third kappa shape index (κ3) is 5.16. The largest absolute Gasteiger partial charge is 0.487 e. The maximum atomic E-state index is 12.6. The lowest BCUT2D eigenvalue weighted by Crippen LogP contribution is -2.47. The van der Waals surface area contributed by atoms with Gasteiger partial charge in [-0.25, -0.2) is 0 Å². The van der Waals surface area contributed by atoms with Gasteiger partial charge in [-0.05, 0) is 48.9 Å². The molecule has 0 radical (unpaired) electrons. The van der Waals surface area contributed by atoms with E-state index in [0.29, 0.717) is 30.0 Å². The summed E-state index contributed by atoms with van der Waals surface area (Å²) in [6.07, 6.45) is 4.25. The van der Waals surface area contributed by atoms with E-state index in [2.05, 4.69) is 20.6 Å². The highest BCUT2D eigenvalue weighted by Crippen LogP contribution is 2.47. The van der Waals surface area contributed by atoms with Gasteiger partial charge < -0.3 is 25.2 Å². The molecule has 2 aliphatic rings. The predicted octanol–water partition coefficient (Wildman–Crippen LogP) is 2.43. The molecule has 1 saturated heterocycles. The van der Waals surface area contributed by atoms with Gasteiger partial charge in [0.25, 0.3) is 5.91 Å². The zero-order chi connectivity index (χ0) is 24.2. The van der Waals surface area contributed by atoms with Crippen LogP contribution in [0.15, 0.2) is 67.1 Å². The van der Waals surface area contributed by atoms with E-state index in [-0.39, 0.29) is 43.0 Å². The standard InChI is InChI=1S/C26H26N4O5/c31-15-23-25-21(11-19(34-23)12-24(32)29-14-18-5-1-2-9-28-18)20-10-17(6-7-22(20)35-25)30-26(33)16-4-3-8-27-13-16/h1-10,13,19,21,23,25,31H,11-12,14-15H2,(H,29,32)(H,30,33)/t19-,21-,23+,25+/m1/s1. The van der Waals surface area contributed by atoms with Crippen LogP contribution in [0.5, 0.6) is 5.75 Å². The normalized spacial score (nSPS) is 22.4. The van der Waals surface area contributed by atoms with Gasteiger partial charge in [-0.15, -0.1) is 0 Å². The molecular formula is C26H26N4O5. The summed E-state index contributed by atoms with van der Waals surface area (Å²) in [7, 11) is 0. The van der Waals surface area contributed by atoms with Crippen LogP contribution in [-0.2, 0) is 16.1 Å². The van der Waals surface area contributed by atoms with Gasteiger partial charge in [-0.1, -0.05) is 6.07 Å². The van der Waals surface area contributed by atoms with Crippen molar-refractivity contribution in [3.63, 3.8) is 0 Å². The van der Waals surface area contributed by atoms with E-state index in [1.165, 1.54) is 6.20 Å². The Labute approximate surface area is 202 Å². The number of carbonyl (C=O) groups excluding carboxylic acids is 2. The van der Waals surface area contributed by atoms with Gasteiger partial charge in [0.1, 0.15) is 18.0 Å². The van der Waals surface area contributed by atoms with Gasteiger partial charge in [0, 0.05) is 35.8 Å². The average molecular weight is 475 g/mol. The number of pyridine rings is 2. The molecule has 35 heavy (non-hydrogen) atoms. The van der Waals surface area contributed by atoms with Crippen molar-refractivity contribution in [2.24, 2.45) is 0 Å². The fraction of sp³-hybridized carbons (Fsp3) is 0.308. The molecule has 5 rings (SSSR count). The minimum absolute atomic E-state index is 0.0697. The van der Waals surface area contributed by atoms with Crippen molar-refractivity contribution >= 4 is 17.5 Å². The highest BCUT2D eigenvalue weighted by molar-refractivity contribution is 6.04. The number of aromatic nitrogens is 2. The molecule has 2 aromatic heterocycles.